The van der Waals surface area contributed by atoms with Crippen molar-refractivity contribution < 1.29 is 28.6 Å². The molecule has 4 aliphatic rings. The zero-order chi connectivity index (χ0) is 22.3. The second kappa shape index (κ2) is 8.18. The SMILES string of the molecule is CCOC(=O)N1CCN(C(=O)[C@H]2CC23CCN(C(=O)c2ccc4c(c2)OCO4)CC3)CC1. The van der Waals surface area contributed by atoms with Crippen molar-refractivity contribution >= 4 is 17.9 Å². The highest BCUT2D eigenvalue weighted by Gasteiger charge is 2.59. The number of piperazine rings is 1. The number of carbonyl (C=O) groups is 3. The van der Waals surface area contributed by atoms with Crippen molar-refractivity contribution in [3.05, 3.63) is 23.8 Å². The maximum Gasteiger partial charge on any atom is 0.409 e. The lowest BCUT2D eigenvalue weighted by atomic mass is 9.90. The summed E-state index contributed by atoms with van der Waals surface area (Å²) in [5, 5.41) is 0. The number of carbonyl (C=O) groups excluding carboxylic acids is 3. The average Bonchev–Trinajstić information content (AvgIpc) is 3.30. The van der Waals surface area contributed by atoms with Gasteiger partial charge in [-0.25, -0.2) is 4.79 Å². The van der Waals surface area contributed by atoms with Crippen molar-refractivity contribution in [3.63, 3.8) is 0 Å². The summed E-state index contributed by atoms with van der Waals surface area (Å²) in [6, 6.07) is 5.30. The number of hydrogen-bond acceptors (Lipinski definition) is 6. The zero-order valence-electron chi connectivity index (χ0n) is 18.4. The van der Waals surface area contributed by atoms with Gasteiger partial charge in [-0.1, -0.05) is 0 Å². The van der Waals surface area contributed by atoms with Crippen LogP contribution in [0.2, 0.25) is 0 Å². The first-order valence-electron chi connectivity index (χ1n) is 11.4. The number of amides is 3. The number of ether oxygens (including phenoxy) is 3. The van der Waals surface area contributed by atoms with Gasteiger partial charge >= 0.3 is 6.09 Å². The van der Waals surface area contributed by atoms with Gasteiger partial charge in [-0.15, -0.1) is 0 Å². The van der Waals surface area contributed by atoms with Gasteiger partial charge in [-0.05, 0) is 49.8 Å². The molecule has 5 rings (SSSR count). The van der Waals surface area contributed by atoms with Gasteiger partial charge in [0.15, 0.2) is 11.5 Å². The fraction of sp³-hybridized carbons (Fsp3) is 0.609. The van der Waals surface area contributed by atoms with E-state index in [0.717, 1.165) is 19.3 Å². The number of hydrogen-bond donors (Lipinski definition) is 0. The first-order valence-corrected chi connectivity index (χ1v) is 11.4. The van der Waals surface area contributed by atoms with E-state index < -0.39 is 0 Å². The van der Waals surface area contributed by atoms with Crippen molar-refractivity contribution in [2.24, 2.45) is 11.3 Å². The molecular formula is C23H29N3O6. The highest BCUT2D eigenvalue weighted by atomic mass is 16.7. The van der Waals surface area contributed by atoms with E-state index in [1.165, 1.54) is 0 Å². The Bertz CT molecular complexity index is 918. The molecule has 1 atom stereocenters. The van der Waals surface area contributed by atoms with Crippen molar-refractivity contribution in [2.45, 2.75) is 26.2 Å². The number of benzene rings is 1. The molecule has 3 amide bonds. The molecule has 0 N–H and O–H groups in total. The van der Waals surface area contributed by atoms with Gasteiger partial charge < -0.3 is 28.9 Å². The van der Waals surface area contributed by atoms with Gasteiger partial charge in [0.05, 0.1) is 6.61 Å². The monoisotopic (exact) mass is 443 g/mol. The molecule has 3 aliphatic heterocycles. The molecule has 0 aromatic heterocycles. The van der Waals surface area contributed by atoms with Crippen LogP contribution in [-0.2, 0) is 9.53 Å². The van der Waals surface area contributed by atoms with Gasteiger partial charge in [0.2, 0.25) is 12.7 Å². The highest BCUT2D eigenvalue weighted by Crippen LogP contribution is 2.60. The summed E-state index contributed by atoms with van der Waals surface area (Å²) in [5.74, 6) is 1.52. The Morgan fingerprint density at radius 2 is 1.66 bits per heavy atom. The third-order valence-corrected chi connectivity index (χ3v) is 7.27. The van der Waals surface area contributed by atoms with E-state index in [0.29, 0.717) is 62.9 Å². The maximum atomic E-state index is 13.1. The van der Waals surface area contributed by atoms with E-state index in [1.54, 1.807) is 30.0 Å². The van der Waals surface area contributed by atoms with Crippen LogP contribution in [0.1, 0.15) is 36.5 Å². The number of rotatable bonds is 3. The molecule has 172 valence electrons. The minimum absolute atomic E-state index is 0.00300. The molecule has 1 aromatic carbocycles. The van der Waals surface area contributed by atoms with E-state index in [1.807, 2.05) is 9.80 Å². The largest absolute Gasteiger partial charge is 0.454 e. The predicted molar refractivity (Wildman–Crippen MR) is 113 cm³/mol. The summed E-state index contributed by atoms with van der Waals surface area (Å²) in [6.07, 6.45) is 2.29. The van der Waals surface area contributed by atoms with Crippen molar-refractivity contribution in [3.8, 4) is 11.5 Å². The van der Waals surface area contributed by atoms with Crippen molar-refractivity contribution in [1.29, 1.82) is 0 Å². The van der Waals surface area contributed by atoms with Crippen LogP contribution < -0.4 is 9.47 Å². The van der Waals surface area contributed by atoms with Gasteiger partial charge in [-0.3, -0.25) is 9.59 Å². The van der Waals surface area contributed by atoms with Crippen LogP contribution >= 0.6 is 0 Å². The Balaban J connectivity index is 1.12. The third-order valence-electron chi connectivity index (χ3n) is 7.27. The Labute approximate surface area is 187 Å². The molecule has 3 fully saturated rings. The molecule has 0 unspecified atom stereocenters. The highest BCUT2D eigenvalue weighted by molar-refractivity contribution is 5.95. The van der Waals surface area contributed by atoms with E-state index in [9.17, 15) is 14.4 Å². The Hall–Kier alpha value is -2.97. The summed E-state index contributed by atoms with van der Waals surface area (Å²) in [5.41, 5.74) is 0.634. The molecule has 1 spiro atoms. The van der Waals surface area contributed by atoms with E-state index in [-0.39, 0.29) is 36.0 Å². The zero-order valence-corrected chi connectivity index (χ0v) is 18.4. The number of likely N-dealkylation sites (tertiary alicyclic amines) is 1. The standard InChI is InChI=1S/C23H29N3O6/c1-2-30-22(29)26-11-9-25(10-12-26)21(28)17-14-23(17)5-7-24(8-6-23)20(27)16-3-4-18-19(13-16)32-15-31-18/h3-4,13,17H,2,5-12,14-15H2,1H3/t17-/m1/s1. The molecule has 32 heavy (non-hydrogen) atoms. The fourth-order valence-electron chi connectivity index (χ4n) is 5.16. The van der Waals surface area contributed by atoms with Gasteiger partial charge in [0.25, 0.3) is 5.91 Å². The number of piperidine rings is 1. The Kier molecular flexibility index (Phi) is 5.35. The summed E-state index contributed by atoms with van der Waals surface area (Å²) in [4.78, 5) is 43.3. The normalized spacial score (nSPS) is 23.3. The predicted octanol–water partition coefficient (Wildman–Crippen LogP) is 1.96. The molecule has 3 heterocycles. The first kappa shape index (κ1) is 20.9. The molecule has 2 saturated heterocycles. The van der Waals surface area contributed by atoms with Crippen LogP contribution in [0.5, 0.6) is 11.5 Å². The lowest BCUT2D eigenvalue weighted by Gasteiger charge is -2.36. The van der Waals surface area contributed by atoms with Gasteiger partial charge in [0.1, 0.15) is 0 Å². The van der Waals surface area contributed by atoms with E-state index in [4.69, 9.17) is 14.2 Å². The van der Waals surface area contributed by atoms with Crippen LogP contribution in [0.15, 0.2) is 18.2 Å². The van der Waals surface area contributed by atoms with Crippen molar-refractivity contribution in [2.75, 3.05) is 52.7 Å². The second-order valence-electron chi connectivity index (χ2n) is 8.99. The van der Waals surface area contributed by atoms with Crippen LogP contribution in [0, 0.1) is 11.3 Å². The third kappa shape index (κ3) is 3.73. The maximum absolute atomic E-state index is 13.1. The summed E-state index contributed by atoms with van der Waals surface area (Å²) in [6.45, 7) is 5.80. The van der Waals surface area contributed by atoms with Gasteiger partial charge in [0, 0.05) is 50.7 Å². The summed E-state index contributed by atoms with van der Waals surface area (Å²) >= 11 is 0. The van der Waals surface area contributed by atoms with E-state index >= 15 is 0 Å². The molecule has 9 nitrogen and oxygen atoms in total. The molecule has 1 aliphatic carbocycles. The number of nitrogens with zero attached hydrogens (tertiary/aromatic N) is 3. The molecule has 1 aromatic rings. The lowest BCUT2D eigenvalue weighted by molar-refractivity contribution is -0.135. The molecule has 1 saturated carbocycles. The average molecular weight is 444 g/mol. The Morgan fingerprint density at radius 1 is 0.969 bits per heavy atom. The first-order chi connectivity index (χ1) is 15.5. The Morgan fingerprint density at radius 3 is 2.38 bits per heavy atom. The molecular weight excluding hydrogens is 414 g/mol. The topological polar surface area (TPSA) is 88.6 Å². The minimum Gasteiger partial charge on any atom is -0.454 e. The summed E-state index contributed by atoms with van der Waals surface area (Å²) < 4.78 is 15.8. The molecule has 0 bridgehead atoms. The second-order valence-corrected chi connectivity index (χ2v) is 8.99. The smallest absolute Gasteiger partial charge is 0.409 e. The number of fused-ring (bicyclic) bond motifs is 1. The molecule has 9 heteroatoms. The fourth-order valence-corrected chi connectivity index (χ4v) is 5.16. The summed E-state index contributed by atoms with van der Waals surface area (Å²) in [7, 11) is 0. The van der Waals surface area contributed by atoms with Gasteiger partial charge in [-0.2, -0.15) is 0 Å². The van der Waals surface area contributed by atoms with Crippen LogP contribution in [0.25, 0.3) is 0 Å². The van der Waals surface area contributed by atoms with Crippen molar-refractivity contribution in [1.82, 2.24) is 14.7 Å². The van der Waals surface area contributed by atoms with E-state index in [2.05, 4.69) is 0 Å². The lowest BCUT2D eigenvalue weighted by Crippen LogP contribution is -2.51. The van der Waals surface area contributed by atoms with Crippen LogP contribution in [0.3, 0.4) is 0 Å². The van der Waals surface area contributed by atoms with Crippen LogP contribution in [-0.4, -0.2) is 85.3 Å². The molecule has 0 radical (unpaired) electrons. The minimum atomic E-state index is -0.304. The quantitative estimate of drug-likeness (QED) is 0.710. The van der Waals surface area contributed by atoms with Crippen LogP contribution in [0.4, 0.5) is 4.79 Å².